The van der Waals surface area contributed by atoms with Crippen LogP contribution in [0.4, 0.5) is 0 Å². The van der Waals surface area contributed by atoms with Crippen molar-refractivity contribution < 1.29 is 32.9 Å². The van der Waals surface area contributed by atoms with Crippen molar-refractivity contribution in [2.75, 3.05) is 40.9 Å². The number of likely N-dealkylation sites (N-methyl/N-ethyl adjacent to an activating group) is 1. The van der Waals surface area contributed by atoms with E-state index in [0.29, 0.717) is 17.4 Å². The van der Waals surface area contributed by atoms with Crippen LogP contribution in [0.2, 0.25) is 0 Å². The van der Waals surface area contributed by atoms with Crippen molar-refractivity contribution in [3.8, 4) is 0 Å². The first-order valence-electron chi connectivity index (χ1n) is 23.9. The van der Waals surface area contributed by atoms with Crippen molar-refractivity contribution in [1.29, 1.82) is 0 Å². The van der Waals surface area contributed by atoms with Crippen LogP contribution >= 0.6 is 7.82 Å². The number of hydrogen-bond donors (Lipinski definition) is 3. The van der Waals surface area contributed by atoms with Crippen LogP contribution in [0.5, 0.6) is 0 Å². The Morgan fingerprint density at radius 3 is 1.40 bits per heavy atom. The lowest BCUT2D eigenvalue weighted by molar-refractivity contribution is -0.870. The highest BCUT2D eigenvalue weighted by Crippen LogP contribution is 2.43. The number of nitrogens with one attached hydrogen (secondary N) is 1. The molecular formula is C48H94N2O6P+. The van der Waals surface area contributed by atoms with Crippen molar-refractivity contribution in [2.45, 2.75) is 225 Å². The number of rotatable bonds is 43. The number of amides is 1. The van der Waals surface area contributed by atoms with Gasteiger partial charge >= 0.3 is 7.82 Å². The van der Waals surface area contributed by atoms with Crippen LogP contribution in [-0.4, -0.2) is 73.4 Å². The second-order valence-electron chi connectivity index (χ2n) is 17.5. The minimum Gasteiger partial charge on any atom is -0.387 e. The summed E-state index contributed by atoms with van der Waals surface area (Å²) in [5, 5.41) is 13.8. The molecule has 336 valence electrons. The molecule has 3 unspecified atom stereocenters. The summed E-state index contributed by atoms with van der Waals surface area (Å²) in [6.45, 7) is 4.79. The minimum atomic E-state index is -4.35. The van der Waals surface area contributed by atoms with Crippen molar-refractivity contribution in [2.24, 2.45) is 0 Å². The van der Waals surface area contributed by atoms with E-state index in [2.05, 4.69) is 43.5 Å². The number of aliphatic hydroxyl groups excluding tert-OH is 1. The average molecular weight is 826 g/mol. The predicted molar refractivity (Wildman–Crippen MR) is 244 cm³/mol. The predicted octanol–water partition coefficient (Wildman–Crippen LogP) is 13.5. The van der Waals surface area contributed by atoms with E-state index in [1.807, 2.05) is 27.2 Å². The zero-order valence-electron chi connectivity index (χ0n) is 38.1. The highest BCUT2D eigenvalue weighted by Gasteiger charge is 2.27. The monoisotopic (exact) mass is 826 g/mol. The van der Waals surface area contributed by atoms with Gasteiger partial charge in [-0.15, -0.1) is 0 Å². The van der Waals surface area contributed by atoms with Crippen LogP contribution in [-0.2, 0) is 18.4 Å². The van der Waals surface area contributed by atoms with Crippen molar-refractivity contribution in [3.05, 3.63) is 36.5 Å². The van der Waals surface area contributed by atoms with Crippen LogP contribution in [0.3, 0.4) is 0 Å². The van der Waals surface area contributed by atoms with E-state index < -0.39 is 20.0 Å². The van der Waals surface area contributed by atoms with Gasteiger partial charge in [-0.25, -0.2) is 4.57 Å². The quantitative estimate of drug-likeness (QED) is 0.0245. The molecule has 0 aliphatic heterocycles. The molecular weight excluding hydrogens is 732 g/mol. The Bertz CT molecular complexity index is 1030. The molecule has 3 N–H and O–H groups in total. The number of phosphoric acid groups is 1. The van der Waals surface area contributed by atoms with E-state index in [9.17, 15) is 19.4 Å². The average Bonchev–Trinajstić information content (AvgIpc) is 3.16. The normalized spacial score (nSPS) is 14.6. The third kappa shape index (κ3) is 42.6. The molecule has 1 amide bonds. The number of hydrogen-bond acceptors (Lipinski definition) is 5. The molecule has 0 aromatic heterocycles. The molecule has 0 radical (unpaired) electrons. The second kappa shape index (κ2) is 40.1. The number of aliphatic hydroxyl groups is 1. The molecule has 0 saturated carbocycles. The summed E-state index contributed by atoms with van der Waals surface area (Å²) in [5.41, 5.74) is 0. The van der Waals surface area contributed by atoms with Crippen molar-refractivity contribution in [3.63, 3.8) is 0 Å². The molecule has 8 nitrogen and oxygen atoms in total. The van der Waals surface area contributed by atoms with Gasteiger partial charge in [0, 0.05) is 6.42 Å². The van der Waals surface area contributed by atoms with Gasteiger partial charge in [-0.1, -0.05) is 198 Å². The van der Waals surface area contributed by atoms with Gasteiger partial charge in [0.05, 0.1) is 39.9 Å². The van der Waals surface area contributed by atoms with E-state index >= 15 is 0 Å². The topological polar surface area (TPSA) is 105 Å². The molecule has 0 aliphatic carbocycles. The lowest BCUT2D eigenvalue weighted by Crippen LogP contribution is -2.45. The van der Waals surface area contributed by atoms with Gasteiger partial charge < -0.3 is 19.8 Å². The molecule has 0 spiro atoms. The molecule has 0 heterocycles. The van der Waals surface area contributed by atoms with Gasteiger partial charge in [0.25, 0.3) is 0 Å². The number of carbonyl (C=O) groups is 1. The molecule has 0 aromatic rings. The summed E-state index contributed by atoms with van der Waals surface area (Å²) >= 11 is 0. The molecule has 0 rings (SSSR count). The molecule has 0 aromatic carbocycles. The maximum Gasteiger partial charge on any atom is 0.472 e. The Morgan fingerprint density at radius 1 is 0.579 bits per heavy atom. The van der Waals surface area contributed by atoms with E-state index in [4.69, 9.17) is 9.05 Å². The van der Waals surface area contributed by atoms with Crippen molar-refractivity contribution >= 4 is 13.7 Å². The molecule has 9 heteroatoms. The Hall–Kier alpha value is -1.28. The molecule has 3 atom stereocenters. The molecule has 57 heavy (non-hydrogen) atoms. The fourth-order valence-electron chi connectivity index (χ4n) is 6.78. The van der Waals surface area contributed by atoms with Crippen LogP contribution in [0, 0.1) is 0 Å². The Labute approximate surface area is 353 Å². The third-order valence-electron chi connectivity index (χ3n) is 10.6. The maximum absolute atomic E-state index is 12.9. The lowest BCUT2D eigenvalue weighted by Gasteiger charge is -2.25. The molecule has 0 bridgehead atoms. The lowest BCUT2D eigenvalue weighted by atomic mass is 10.0. The van der Waals surface area contributed by atoms with Crippen LogP contribution in [0.15, 0.2) is 36.5 Å². The molecule has 0 saturated heterocycles. The van der Waals surface area contributed by atoms with E-state index in [-0.39, 0.29) is 19.1 Å². The third-order valence-corrected chi connectivity index (χ3v) is 11.6. The van der Waals surface area contributed by atoms with E-state index in [0.717, 1.165) is 44.9 Å². The van der Waals surface area contributed by atoms with Gasteiger partial charge in [0.2, 0.25) is 5.91 Å². The largest absolute Gasteiger partial charge is 0.472 e. The highest BCUT2D eigenvalue weighted by molar-refractivity contribution is 7.47. The second-order valence-corrected chi connectivity index (χ2v) is 18.9. The fraction of sp³-hybridized carbons (Fsp3) is 0.854. The summed E-state index contributed by atoms with van der Waals surface area (Å²) in [7, 11) is 1.55. The SMILES string of the molecule is CCCCCCCCCCCCC/C=C/CC/C=C/CC/C=C/C(O)C(COP(=O)(O)OCC[N+](C)(C)C)NC(=O)CCCCCCCCCCCCCCCC. The first-order chi connectivity index (χ1) is 27.5. The fourth-order valence-corrected chi connectivity index (χ4v) is 7.51. The number of quaternary nitrogens is 1. The highest BCUT2D eigenvalue weighted by atomic mass is 31.2. The Balaban J connectivity index is 4.43. The van der Waals surface area contributed by atoms with E-state index in [1.165, 1.54) is 148 Å². The molecule has 0 aliphatic rings. The van der Waals surface area contributed by atoms with Crippen molar-refractivity contribution in [1.82, 2.24) is 5.32 Å². The summed E-state index contributed by atoms with van der Waals surface area (Å²) in [6, 6.07) is -0.865. The Kier molecular flexibility index (Phi) is 39.2. The number of phosphoric ester groups is 1. The van der Waals surface area contributed by atoms with Gasteiger partial charge in [-0.3, -0.25) is 13.8 Å². The van der Waals surface area contributed by atoms with E-state index in [1.54, 1.807) is 6.08 Å². The number of unbranched alkanes of at least 4 members (excludes halogenated alkanes) is 26. The zero-order chi connectivity index (χ0) is 42.1. The van der Waals surface area contributed by atoms with Gasteiger partial charge in [0.1, 0.15) is 13.2 Å². The van der Waals surface area contributed by atoms with Crippen LogP contribution in [0.1, 0.15) is 213 Å². The van der Waals surface area contributed by atoms with Gasteiger partial charge in [-0.2, -0.15) is 0 Å². The first-order valence-corrected chi connectivity index (χ1v) is 25.4. The first kappa shape index (κ1) is 55.7. The minimum absolute atomic E-state index is 0.0547. The summed E-state index contributed by atoms with van der Waals surface area (Å²) in [4.78, 5) is 23.1. The number of carbonyl (C=O) groups excluding carboxylic acids is 1. The molecule has 0 fully saturated rings. The Morgan fingerprint density at radius 2 is 0.965 bits per heavy atom. The maximum atomic E-state index is 12.9. The number of allylic oxidation sites excluding steroid dienone is 5. The van der Waals surface area contributed by atoms with Crippen LogP contribution < -0.4 is 5.32 Å². The zero-order valence-corrected chi connectivity index (χ0v) is 39.0. The smallest absolute Gasteiger partial charge is 0.387 e. The number of nitrogens with zero attached hydrogens (tertiary/aromatic N) is 1. The van der Waals surface area contributed by atoms with Gasteiger partial charge in [-0.05, 0) is 44.9 Å². The summed E-state index contributed by atoms with van der Waals surface area (Å²) in [5.74, 6) is -0.190. The summed E-state index contributed by atoms with van der Waals surface area (Å²) < 4.78 is 23.6. The summed E-state index contributed by atoms with van der Waals surface area (Å²) in [6.07, 6.45) is 49.3. The van der Waals surface area contributed by atoms with Crippen LogP contribution in [0.25, 0.3) is 0 Å². The standard InChI is InChI=1S/C48H93N2O6P/c1-6-8-10-12-14-16-18-20-22-23-24-25-26-27-28-29-31-33-35-37-39-41-47(51)46(45-56-57(53,54)55-44-43-50(3,4)5)49-48(52)42-40-38-36-34-32-30-21-19-17-15-13-11-9-7-2/h26-27,31,33,39,41,46-47,51H,6-25,28-30,32,34-38,40,42-45H2,1-5H3,(H-,49,52,53,54)/p+1/b27-26+,33-31+,41-39+. The van der Waals surface area contributed by atoms with Gasteiger partial charge in [0.15, 0.2) is 0 Å².